The molecule has 2 aromatic rings. The van der Waals surface area contributed by atoms with Crippen molar-refractivity contribution in [1.82, 2.24) is 0 Å². The molecule has 22 heavy (non-hydrogen) atoms. The maximum atomic E-state index is 8.59. The van der Waals surface area contributed by atoms with Crippen LogP contribution >= 0.6 is 0 Å². The molecule has 0 spiro atoms. The summed E-state index contributed by atoms with van der Waals surface area (Å²) in [7, 11) is 0. The zero-order chi connectivity index (χ0) is 15.8. The molecule has 0 saturated carbocycles. The Morgan fingerprint density at radius 3 is 2.50 bits per heavy atom. The van der Waals surface area contributed by atoms with E-state index in [1.807, 2.05) is 31.2 Å². The van der Waals surface area contributed by atoms with Gasteiger partial charge < -0.3 is 9.47 Å². The Balaban J connectivity index is 2.13. The normalized spacial score (nSPS) is 10.4. The maximum absolute atomic E-state index is 8.59. The maximum Gasteiger partial charge on any atom is 0.161 e. The minimum Gasteiger partial charge on any atom is -0.490 e. The number of rotatable bonds is 6. The van der Waals surface area contributed by atoms with Crippen LogP contribution < -0.4 is 9.47 Å². The van der Waals surface area contributed by atoms with E-state index in [-0.39, 0.29) is 0 Å². The summed E-state index contributed by atoms with van der Waals surface area (Å²) in [5, 5.41) is 8.59. The Morgan fingerprint density at radius 2 is 1.82 bits per heavy atom. The van der Waals surface area contributed by atoms with E-state index in [1.54, 1.807) is 6.08 Å². The van der Waals surface area contributed by atoms with Crippen molar-refractivity contribution in [1.29, 1.82) is 5.26 Å². The lowest BCUT2D eigenvalue weighted by molar-refractivity contribution is 0.269. The lowest BCUT2D eigenvalue weighted by atomic mass is 10.1. The predicted molar refractivity (Wildman–Crippen MR) is 87.8 cm³/mol. The summed E-state index contributed by atoms with van der Waals surface area (Å²) in [5.74, 6) is 1.39. The van der Waals surface area contributed by atoms with Crippen LogP contribution in [0.2, 0.25) is 0 Å². The third-order valence-electron chi connectivity index (χ3n) is 3.13. The van der Waals surface area contributed by atoms with Gasteiger partial charge in [-0.1, -0.05) is 35.9 Å². The zero-order valence-electron chi connectivity index (χ0n) is 12.9. The molecule has 0 aliphatic carbocycles. The average molecular weight is 293 g/mol. The molecule has 3 nitrogen and oxygen atoms in total. The quantitative estimate of drug-likeness (QED) is 0.736. The van der Waals surface area contributed by atoms with Gasteiger partial charge in [-0.05, 0) is 43.2 Å². The molecule has 0 atom stereocenters. The molecule has 0 amide bonds. The van der Waals surface area contributed by atoms with E-state index in [2.05, 4.69) is 31.2 Å². The molecule has 0 aliphatic heterocycles. The molecule has 0 aromatic heterocycles. The number of allylic oxidation sites excluding steroid dienone is 1. The summed E-state index contributed by atoms with van der Waals surface area (Å²) in [6.45, 7) is 5.05. The Labute approximate surface area is 131 Å². The summed E-state index contributed by atoms with van der Waals surface area (Å²) in [6, 6.07) is 15.9. The highest BCUT2D eigenvalue weighted by molar-refractivity contribution is 5.57. The van der Waals surface area contributed by atoms with Gasteiger partial charge in [0.2, 0.25) is 0 Å². The van der Waals surface area contributed by atoms with E-state index in [4.69, 9.17) is 14.7 Å². The molecule has 2 aromatic carbocycles. The van der Waals surface area contributed by atoms with Gasteiger partial charge in [-0.25, -0.2) is 0 Å². The Bertz CT molecular complexity index is 682. The molecule has 0 saturated heterocycles. The molecule has 0 bridgehead atoms. The fourth-order valence-corrected chi connectivity index (χ4v) is 1.99. The van der Waals surface area contributed by atoms with Gasteiger partial charge in [-0.3, -0.25) is 0 Å². The fraction of sp³-hybridized carbons (Fsp3) is 0.211. The van der Waals surface area contributed by atoms with Crippen LogP contribution in [0.4, 0.5) is 0 Å². The van der Waals surface area contributed by atoms with Crippen molar-refractivity contribution in [3.63, 3.8) is 0 Å². The Morgan fingerprint density at radius 1 is 1.05 bits per heavy atom. The van der Waals surface area contributed by atoms with Crippen LogP contribution in [0.3, 0.4) is 0 Å². The number of benzene rings is 2. The van der Waals surface area contributed by atoms with Crippen molar-refractivity contribution in [2.24, 2.45) is 0 Å². The standard InChI is InChI=1S/C19H19NO2/c1-3-21-19-13-16(5-4-12-20)10-11-18(19)22-14-17-8-6-15(2)7-9-17/h4-11,13H,3,14H2,1-2H3. The Kier molecular flexibility index (Phi) is 5.62. The largest absolute Gasteiger partial charge is 0.490 e. The molecule has 0 radical (unpaired) electrons. The van der Waals surface area contributed by atoms with Crippen LogP contribution in [0.15, 0.2) is 48.5 Å². The molecule has 0 heterocycles. The second-order valence-electron chi connectivity index (χ2n) is 4.88. The van der Waals surface area contributed by atoms with E-state index >= 15 is 0 Å². The number of ether oxygens (including phenoxy) is 2. The van der Waals surface area contributed by atoms with Gasteiger partial charge in [0.15, 0.2) is 11.5 Å². The van der Waals surface area contributed by atoms with Crippen molar-refractivity contribution in [2.45, 2.75) is 20.5 Å². The van der Waals surface area contributed by atoms with E-state index < -0.39 is 0 Å². The number of hydrogen-bond acceptors (Lipinski definition) is 3. The topological polar surface area (TPSA) is 42.2 Å². The molecular weight excluding hydrogens is 274 g/mol. The fourth-order valence-electron chi connectivity index (χ4n) is 1.99. The summed E-state index contributed by atoms with van der Waals surface area (Å²) < 4.78 is 11.5. The van der Waals surface area contributed by atoms with Crippen molar-refractivity contribution in [2.75, 3.05) is 6.61 Å². The third-order valence-corrected chi connectivity index (χ3v) is 3.13. The minimum atomic E-state index is 0.494. The molecule has 0 fully saturated rings. The predicted octanol–water partition coefficient (Wildman–Crippen LogP) is 4.51. The highest BCUT2D eigenvalue weighted by Gasteiger charge is 2.06. The number of aryl methyl sites for hydroxylation is 1. The van der Waals surface area contributed by atoms with Crippen molar-refractivity contribution in [3.05, 3.63) is 65.2 Å². The van der Waals surface area contributed by atoms with Crippen molar-refractivity contribution < 1.29 is 9.47 Å². The van der Waals surface area contributed by atoms with E-state index in [9.17, 15) is 0 Å². The first-order valence-corrected chi connectivity index (χ1v) is 7.24. The molecule has 0 N–H and O–H groups in total. The van der Waals surface area contributed by atoms with Gasteiger partial charge >= 0.3 is 0 Å². The SMILES string of the molecule is CCOc1cc(C=CC#N)ccc1OCc1ccc(C)cc1. The van der Waals surface area contributed by atoms with Crippen molar-refractivity contribution in [3.8, 4) is 17.6 Å². The van der Waals surface area contributed by atoms with Gasteiger partial charge in [0.05, 0.1) is 12.7 Å². The van der Waals surface area contributed by atoms with E-state index in [0.717, 1.165) is 11.1 Å². The number of hydrogen-bond donors (Lipinski definition) is 0. The van der Waals surface area contributed by atoms with Crippen LogP contribution in [0.25, 0.3) is 6.08 Å². The second-order valence-corrected chi connectivity index (χ2v) is 4.88. The van der Waals surface area contributed by atoms with Gasteiger partial charge in [-0.15, -0.1) is 0 Å². The van der Waals surface area contributed by atoms with Crippen LogP contribution in [-0.2, 0) is 6.61 Å². The summed E-state index contributed by atoms with van der Waals surface area (Å²) >= 11 is 0. The van der Waals surface area contributed by atoms with Crippen LogP contribution in [-0.4, -0.2) is 6.61 Å². The van der Waals surface area contributed by atoms with Gasteiger partial charge in [0.25, 0.3) is 0 Å². The van der Waals surface area contributed by atoms with E-state index in [0.29, 0.717) is 24.7 Å². The molecule has 0 aliphatic rings. The van der Waals surface area contributed by atoms with Crippen LogP contribution in [0.1, 0.15) is 23.6 Å². The highest BCUT2D eigenvalue weighted by atomic mass is 16.5. The summed E-state index contributed by atoms with van der Waals surface area (Å²) in [4.78, 5) is 0. The molecule has 3 heteroatoms. The highest BCUT2D eigenvalue weighted by Crippen LogP contribution is 2.29. The number of nitriles is 1. The molecule has 2 rings (SSSR count). The first-order chi connectivity index (χ1) is 10.7. The number of nitrogens with zero attached hydrogens (tertiary/aromatic N) is 1. The lowest BCUT2D eigenvalue weighted by Gasteiger charge is -2.13. The van der Waals surface area contributed by atoms with Gasteiger partial charge in [-0.2, -0.15) is 5.26 Å². The summed E-state index contributed by atoms with van der Waals surface area (Å²) in [5.41, 5.74) is 3.25. The first-order valence-electron chi connectivity index (χ1n) is 7.24. The van der Waals surface area contributed by atoms with Gasteiger partial charge in [0, 0.05) is 6.08 Å². The van der Waals surface area contributed by atoms with E-state index in [1.165, 1.54) is 11.6 Å². The third kappa shape index (κ3) is 4.39. The van der Waals surface area contributed by atoms with Gasteiger partial charge in [0.1, 0.15) is 6.61 Å². The lowest BCUT2D eigenvalue weighted by Crippen LogP contribution is -2.00. The molecule has 0 unspecified atom stereocenters. The van der Waals surface area contributed by atoms with Crippen LogP contribution in [0, 0.1) is 18.3 Å². The minimum absolute atomic E-state index is 0.494. The molecular formula is C19H19NO2. The van der Waals surface area contributed by atoms with Crippen LogP contribution in [0.5, 0.6) is 11.5 Å². The first kappa shape index (κ1) is 15.7. The Hall–Kier alpha value is -2.73. The molecule has 112 valence electrons. The summed E-state index contributed by atoms with van der Waals surface area (Å²) in [6.07, 6.45) is 3.18. The smallest absolute Gasteiger partial charge is 0.161 e. The second kappa shape index (κ2) is 7.90. The monoisotopic (exact) mass is 293 g/mol. The van der Waals surface area contributed by atoms with Crippen molar-refractivity contribution >= 4 is 6.08 Å². The zero-order valence-corrected chi connectivity index (χ0v) is 12.9. The average Bonchev–Trinajstić information content (AvgIpc) is 2.54.